The van der Waals surface area contributed by atoms with Gasteiger partial charge in [0.25, 0.3) is 11.8 Å². The van der Waals surface area contributed by atoms with Gasteiger partial charge in [-0.2, -0.15) is 5.10 Å². The lowest BCUT2D eigenvalue weighted by Gasteiger charge is -2.34. The van der Waals surface area contributed by atoms with Crippen LogP contribution in [0, 0.1) is 18.6 Å². The van der Waals surface area contributed by atoms with Gasteiger partial charge in [-0.3, -0.25) is 19.1 Å². The molecule has 34 heavy (non-hydrogen) atoms. The van der Waals surface area contributed by atoms with Crippen LogP contribution in [-0.4, -0.2) is 42.7 Å². The van der Waals surface area contributed by atoms with Crippen LogP contribution in [0.15, 0.2) is 29.3 Å². The monoisotopic (exact) mass is 469 g/mol. The van der Waals surface area contributed by atoms with Crippen LogP contribution in [-0.2, 0) is 26.6 Å². The predicted octanol–water partition coefficient (Wildman–Crippen LogP) is 1.56. The molecule has 176 valence electrons. The Hall–Kier alpha value is -4.02. The van der Waals surface area contributed by atoms with Crippen molar-refractivity contribution in [2.75, 3.05) is 6.54 Å². The number of benzene rings is 1. The van der Waals surface area contributed by atoms with E-state index in [1.165, 1.54) is 22.6 Å². The molecule has 1 aromatic carbocycles. The first-order chi connectivity index (χ1) is 16.1. The minimum absolute atomic E-state index is 0.192. The summed E-state index contributed by atoms with van der Waals surface area (Å²) in [4.78, 5) is 40.2. The van der Waals surface area contributed by atoms with Gasteiger partial charge in [-0.1, -0.05) is 0 Å². The van der Waals surface area contributed by atoms with Crippen molar-refractivity contribution < 1.29 is 23.5 Å². The SMILES string of the molecule is Cc1cc(F)c(CNC(=O)c2cn3c(c(O)c2=O)C(=O)N2Cc4cn(C)nc4C[C@H]3C2)c(F)c1. The second-order valence-electron chi connectivity index (χ2n) is 8.68. The third-order valence-corrected chi connectivity index (χ3v) is 6.26. The third kappa shape index (κ3) is 3.44. The predicted molar refractivity (Wildman–Crippen MR) is 115 cm³/mol. The van der Waals surface area contributed by atoms with Crippen LogP contribution in [0.4, 0.5) is 8.78 Å². The fraction of sp³-hybridized carbons (Fsp3) is 0.304. The molecule has 3 aromatic rings. The van der Waals surface area contributed by atoms with Gasteiger partial charge in [0.1, 0.15) is 17.2 Å². The summed E-state index contributed by atoms with van der Waals surface area (Å²) >= 11 is 0. The molecule has 9 nitrogen and oxygen atoms in total. The van der Waals surface area contributed by atoms with Gasteiger partial charge >= 0.3 is 0 Å². The van der Waals surface area contributed by atoms with E-state index in [0.29, 0.717) is 25.1 Å². The molecule has 2 N–H and O–H groups in total. The number of carbonyl (C=O) groups excluding carboxylic acids is 2. The van der Waals surface area contributed by atoms with Crippen LogP contribution in [0.3, 0.4) is 0 Å². The van der Waals surface area contributed by atoms with Gasteiger partial charge in [-0.05, 0) is 24.6 Å². The summed E-state index contributed by atoms with van der Waals surface area (Å²) in [5.41, 5.74) is 0.0423. The molecule has 2 aliphatic heterocycles. The number of aryl methyl sites for hydroxylation is 2. The molecular formula is C23H21F2N5O4. The smallest absolute Gasteiger partial charge is 0.274 e. The van der Waals surface area contributed by atoms with Crippen molar-refractivity contribution >= 4 is 11.8 Å². The van der Waals surface area contributed by atoms with E-state index in [9.17, 15) is 28.3 Å². The largest absolute Gasteiger partial charge is 0.503 e. The quantitative estimate of drug-likeness (QED) is 0.605. The molecule has 2 aliphatic rings. The zero-order valence-corrected chi connectivity index (χ0v) is 18.4. The Morgan fingerprint density at radius 2 is 1.94 bits per heavy atom. The van der Waals surface area contributed by atoms with Crippen LogP contribution in [0.25, 0.3) is 0 Å². The second-order valence-corrected chi connectivity index (χ2v) is 8.68. The van der Waals surface area contributed by atoms with E-state index in [2.05, 4.69) is 10.4 Å². The lowest BCUT2D eigenvalue weighted by molar-refractivity contribution is 0.0653. The van der Waals surface area contributed by atoms with Gasteiger partial charge < -0.3 is 19.9 Å². The van der Waals surface area contributed by atoms with Crippen LogP contribution in [0.5, 0.6) is 5.75 Å². The Morgan fingerprint density at radius 1 is 1.24 bits per heavy atom. The number of fused-ring (bicyclic) bond motifs is 5. The fourth-order valence-corrected chi connectivity index (χ4v) is 4.63. The zero-order valence-electron chi connectivity index (χ0n) is 18.4. The minimum atomic E-state index is -1.03. The summed E-state index contributed by atoms with van der Waals surface area (Å²) < 4.78 is 31.3. The minimum Gasteiger partial charge on any atom is -0.503 e. The van der Waals surface area contributed by atoms with Crippen molar-refractivity contribution in [3.8, 4) is 5.75 Å². The average molecular weight is 469 g/mol. The number of hydrogen-bond acceptors (Lipinski definition) is 5. The maximum Gasteiger partial charge on any atom is 0.274 e. The van der Waals surface area contributed by atoms with Crippen molar-refractivity contribution in [1.82, 2.24) is 24.6 Å². The average Bonchev–Trinajstić information content (AvgIpc) is 3.02. The molecule has 0 aliphatic carbocycles. The lowest BCUT2D eigenvalue weighted by atomic mass is 10.0. The molecule has 2 aromatic heterocycles. The highest BCUT2D eigenvalue weighted by Crippen LogP contribution is 2.33. The van der Waals surface area contributed by atoms with Crippen molar-refractivity contribution in [3.05, 3.63) is 80.0 Å². The van der Waals surface area contributed by atoms with E-state index in [0.717, 1.165) is 23.4 Å². The summed E-state index contributed by atoms with van der Waals surface area (Å²) in [6.07, 6.45) is 3.47. The number of carbonyl (C=O) groups is 2. The van der Waals surface area contributed by atoms with E-state index in [4.69, 9.17) is 0 Å². The molecule has 0 saturated carbocycles. The normalized spacial score (nSPS) is 16.6. The van der Waals surface area contributed by atoms with Crippen LogP contribution >= 0.6 is 0 Å². The van der Waals surface area contributed by atoms with Gasteiger partial charge in [0.15, 0.2) is 11.4 Å². The molecule has 5 rings (SSSR count). The van der Waals surface area contributed by atoms with Crippen LogP contribution in [0.1, 0.15) is 49.3 Å². The Bertz CT molecular complexity index is 1400. The number of pyridine rings is 1. The number of aromatic hydroxyl groups is 1. The molecule has 1 atom stereocenters. The van der Waals surface area contributed by atoms with Crippen LogP contribution < -0.4 is 10.7 Å². The van der Waals surface area contributed by atoms with Crippen molar-refractivity contribution in [3.63, 3.8) is 0 Å². The highest BCUT2D eigenvalue weighted by atomic mass is 19.1. The number of rotatable bonds is 3. The highest BCUT2D eigenvalue weighted by Gasteiger charge is 2.38. The van der Waals surface area contributed by atoms with Crippen molar-refractivity contribution in [1.29, 1.82) is 0 Å². The molecule has 11 heteroatoms. The molecule has 0 radical (unpaired) electrons. The van der Waals surface area contributed by atoms with Gasteiger partial charge in [0, 0.05) is 56.6 Å². The van der Waals surface area contributed by atoms with Gasteiger partial charge in [-0.15, -0.1) is 0 Å². The maximum absolute atomic E-state index is 14.1. The van der Waals surface area contributed by atoms with E-state index in [1.54, 1.807) is 11.7 Å². The third-order valence-electron chi connectivity index (χ3n) is 6.26. The van der Waals surface area contributed by atoms with E-state index in [-0.39, 0.29) is 17.3 Å². The number of nitrogens with zero attached hydrogens (tertiary/aromatic N) is 4. The van der Waals surface area contributed by atoms with Crippen molar-refractivity contribution in [2.24, 2.45) is 7.05 Å². The highest BCUT2D eigenvalue weighted by molar-refractivity contribution is 5.99. The summed E-state index contributed by atoms with van der Waals surface area (Å²) in [6, 6.07) is 1.91. The first-order valence-electron chi connectivity index (χ1n) is 10.7. The van der Waals surface area contributed by atoms with Crippen molar-refractivity contribution in [2.45, 2.75) is 32.5 Å². The van der Waals surface area contributed by atoms with E-state index < -0.39 is 46.7 Å². The Balaban J connectivity index is 1.50. The Kier molecular flexibility index (Phi) is 4.99. The molecular weight excluding hydrogens is 448 g/mol. The van der Waals surface area contributed by atoms with Gasteiger partial charge in [0.2, 0.25) is 5.43 Å². The number of aromatic nitrogens is 3. The standard InChI is InChI=1S/C23H21F2N5O4/c1-11-3-16(24)14(17(25)4-11)6-26-22(33)15-10-30-13-5-18-12(7-28(2)27-18)8-29(9-13)23(34)19(30)21(32)20(15)31/h3-4,7,10,13,32H,5-6,8-9H2,1-2H3,(H,26,33)/t13-/m0/s1. The molecule has 2 amide bonds. The van der Waals surface area contributed by atoms with Gasteiger partial charge in [-0.25, -0.2) is 8.78 Å². The fourth-order valence-electron chi connectivity index (χ4n) is 4.63. The molecule has 2 bridgehead atoms. The number of hydrogen-bond donors (Lipinski definition) is 2. The first kappa shape index (κ1) is 21.8. The Labute approximate surface area is 192 Å². The van der Waals surface area contributed by atoms with E-state index >= 15 is 0 Å². The second kappa shape index (κ2) is 7.79. The molecule has 4 heterocycles. The molecule has 0 saturated heterocycles. The number of amides is 2. The number of nitrogens with one attached hydrogen (secondary N) is 1. The first-order valence-corrected chi connectivity index (χ1v) is 10.7. The van der Waals surface area contributed by atoms with E-state index in [1.807, 2.05) is 6.20 Å². The number of halogens is 2. The molecule has 0 fully saturated rings. The lowest BCUT2D eigenvalue weighted by Crippen LogP contribution is -2.44. The Morgan fingerprint density at radius 3 is 2.65 bits per heavy atom. The summed E-state index contributed by atoms with van der Waals surface area (Å²) in [5, 5.41) is 17.4. The maximum atomic E-state index is 14.1. The summed E-state index contributed by atoms with van der Waals surface area (Å²) in [6.45, 7) is 1.65. The summed E-state index contributed by atoms with van der Waals surface area (Å²) in [7, 11) is 1.78. The van der Waals surface area contributed by atoms with Crippen LogP contribution in [0.2, 0.25) is 0 Å². The summed E-state index contributed by atoms with van der Waals surface area (Å²) in [5.74, 6) is -3.92. The zero-order chi connectivity index (χ0) is 24.3. The molecule has 0 spiro atoms. The van der Waals surface area contributed by atoms with Gasteiger partial charge in [0.05, 0.1) is 11.7 Å². The molecule has 0 unspecified atom stereocenters. The topological polar surface area (TPSA) is 109 Å².